The van der Waals surface area contributed by atoms with E-state index in [2.05, 4.69) is 10.6 Å². The number of nitroso groups, excluding NO2 is 2. The third-order valence-corrected chi connectivity index (χ3v) is 2.79. The van der Waals surface area contributed by atoms with E-state index in [0.29, 0.717) is 23.9 Å². The summed E-state index contributed by atoms with van der Waals surface area (Å²) in [5.41, 5.74) is 4.02. The predicted molar refractivity (Wildman–Crippen MR) is 82.7 cm³/mol. The fourth-order valence-electron chi connectivity index (χ4n) is 1.53. The van der Waals surface area contributed by atoms with Gasteiger partial charge < -0.3 is 4.90 Å². The van der Waals surface area contributed by atoms with Gasteiger partial charge in [0.05, 0.1) is 16.3 Å². The molecule has 8 heteroatoms. The number of halogens is 2. The lowest BCUT2D eigenvalue weighted by molar-refractivity contribution is 0.904. The lowest BCUT2D eigenvalue weighted by atomic mass is 10.2. The van der Waals surface area contributed by atoms with Crippen LogP contribution in [0.25, 0.3) is 0 Å². The van der Waals surface area contributed by atoms with E-state index in [9.17, 15) is 9.81 Å². The summed E-state index contributed by atoms with van der Waals surface area (Å²) >= 11 is 11.0. The molecule has 0 aliphatic carbocycles. The molecule has 0 saturated heterocycles. The monoisotopic (exact) mass is 314 g/mol. The third-order valence-electron chi connectivity index (χ3n) is 2.43. The lowest BCUT2D eigenvalue weighted by Gasteiger charge is -2.22. The van der Waals surface area contributed by atoms with Crippen molar-refractivity contribution in [1.82, 2.24) is 0 Å². The average Bonchev–Trinajstić information content (AvgIpc) is 2.50. The van der Waals surface area contributed by atoms with Gasteiger partial charge in [0.25, 0.3) is 0 Å². The molecule has 0 aromatic heterocycles. The van der Waals surface area contributed by atoms with E-state index in [0.717, 1.165) is 5.69 Å². The van der Waals surface area contributed by atoms with Crippen molar-refractivity contribution >= 4 is 34.6 Å². The lowest BCUT2D eigenvalue weighted by Crippen LogP contribution is -2.23. The van der Waals surface area contributed by atoms with Gasteiger partial charge in [-0.1, -0.05) is 40.5 Å². The second-order valence-electron chi connectivity index (χ2n) is 3.60. The molecule has 0 atom stereocenters. The van der Waals surface area contributed by atoms with Crippen LogP contribution < -0.4 is 10.0 Å². The number of anilines is 2. The molecule has 0 N–H and O–H groups in total. The highest BCUT2D eigenvalue weighted by atomic mass is 35.5. The molecule has 0 amide bonds. The molecule has 0 bridgehead atoms. The minimum atomic E-state index is 0.291. The Hall–Kier alpha value is -1.92. The molecule has 0 aliphatic heterocycles. The minimum absolute atomic E-state index is 0.291. The standard InChI is InChI=1S/C12H12Cl2N4O2/c13-7-1-9-17(10-2-8-14)11-3-5-12(6-4-11)18(15-19)16-20/h1-8H,9-10H2. The topological polar surface area (TPSA) is 65.3 Å². The second kappa shape index (κ2) is 9.06. The summed E-state index contributed by atoms with van der Waals surface area (Å²) in [6.07, 6.45) is 3.56. The molecular weight excluding hydrogens is 303 g/mol. The van der Waals surface area contributed by atoms with Crippen molar-refractivity contribution in [3.8, 4) is 0 Å². The van der Waals surface area contributed by atoms with E-state index in [1.165, 1.54) is 11.1 Å². The van der Waals surface area contributed by atoms with Crippen LogP contribution in [-0.4, -0.2) is 13.1 Å². The Balaban J connectivity index is 2.91. The Morgan fingerprint density at radius 2 is 1.35 bits per heavy atom. The van der Waals surface area contributed by atoms with Crippen molar-refractivity contribution in [2.45, 2.75) is 0 Å². The van der Waals surface area contributed by atoms with E-state index in [1.807, 2.05) is 4.90 Å². The smallest absolute Gasteiger partial charge is 0.0924 e. The molecule has 0 saturated carbocycles. The zero-order valence-corrected chi connectivity index (χ0v) is 11.9. The van der Waals surface area contributed by atoms with Gasteiger partial charge in [0.2, 0.25) is 0 Å². The van der Waals surface area contributed by atoms with Crippen molar-refractivity contribution in [3.63, 3.8) is 0 Å². The Kier molecular flexibility index (Phi) is 7.31. The van der Waals surface area contributed by atoms with Crippen molar-refractivity contribution < 1.29 is 0 Å². The molecule has 0 radical (unpaired) electrons. The Morgan fingerprint density at radius 3 is 1.75 bits per heavy atom. The summed E-state index contributed by atoms with van der Waals surface area (Å²) in [5, 5.41) is 5.43. The Bertz CT molecular complexity index is 469. The number of hydrogen-bond donors (Lipinski definition) is 0. The first kappa shape index (κ1) is 16.1. The van der Waals surface area contributed by atoms with Gasteiger partial charge in [0.1, 0.15) is 0 Å². The number of rotatable bonds is 8. The van der Waals surface area contributed by atoms with Crippen LogP contribution in [-0.2, 0) is 0 Å². The van der Waals surface area contributed by atoms with Gasteiger partial charge in [0.15, 0.2) is 0 Å². The van der Waals surface area contributed by atoms with Gasteiger partial charge in [0, 0.05) is 29.8 Å². The maximum Gasteiger partial charge on any atom is 0.0924 e. The second-order valence-corrected chi connectivity index (χ2v) is 4.10. The van der Waals surface area contributed by atoms with Crippen molar-refractivity contribution in [2.24, 2.45) is 10.6 Å². The molecular formula is C12H12Cl2N4O2. The summed E-state index contributed by atoms with van der Waals surface area (Å²) in [5.74, 6) is 0. The van der Waals surface area contributed by atoms with E-state index in [1.54, 1.807) is 36.4 Å². The zero-order valence-electron chi connectivity index (χ0n) is 10.4. The molecule has 1 aromatic carbocycles. The summed E-state index contributed by atoms with van der Waals surface area (Å²) in [6, 6.07) is 6.62. The Labute approximate surface area is 126 Å². The highest BCUT2D eigenvalue weighted by molar-refractivity contribution is 6.25. The van der Waals surface area contributed by atoms with Gasteiger partial charge >= 0.3 is 0 Å². The largest absolute Gasteiger partial charge is 0.364 e. The van der Waals surface area contributed by atoms with Gasteiger partial charge in [-0.05, 0) is 24.3 Å². The van der Waals surface area contributed by atoms with Crippen molar-refractivity contribution in [2.75, 3.05) is 23.1 Å². The van der Waals surface area contributed by atoms with E-state index >= 15 is 0 Å². The predicted octanol–water partition coefficient (Wildman–Crippen LogP) is 4.17. The molecule has 1 rings (SSSR count). The molecule has 0 heterocycles. The SMILES string of the molecule is O=NN(N=O)c1ccc(N(CC=CCl)CC=CCl)cc1. The normalized spacial score (nSPS) is 10.9. The van der Waals surface area contributed by atoms with Crippen LogP contribution in [0.15, 0.2) is 58.1 Å². The van der Waals surface area contributed by atoms with Crippen LogP contribution in [0.5, 0.6) is 0 Å². The van der Waals surface area contributed by atoms with Crippen LogP contribution in [0.4, 0.5) is 11.4 Å². The fourth-order valence-corrected chi connectivity index (χ4v) is 1.68. The molecule has 0 aliphatic rings. The number of nitrogens with zero attached hydrogens (tertiary/aromatic N) is 4. The van der Waals surface area contributed by atoms with Crippen LogP contribution in [0.2, 0.25) is 0 Å². The molecule has 0 spiro atoms. The van der Waals surface area contributed by atoms with Gasteiger partial charge in [-0.15, -0.1) is 9.81 Å². The first-order valence-electron chi connectivity index (χ1n) is 5.59. The molecule has 0 unspecified atom stereocenters. The van der Waals surface area contributed by atoms with E-state index in [4.69, 9.17) is 23.2 Å². The van der Waals surface area contributed by atoms with Gasteiger partial charge in [-0.25, -0.2) is 0 Å². The summed E-state index contributed by atoms with van der Waals surface area (Å²) < 4.78 is 0. The molecule has 106 valence electrons. The zero-order chi connectivity index (χ0) is 14.8. The van der Waals surface area contributed by atoms with Crippen LogP contribution in [0.1, 0.15) is 0 Å². The molecule has 1 aromatic rings. The van der Waals surface area contributed by atoms with Crippen molar-refractivity contribution in [1.29, 1.82) is 0 Å². The molecule has 6 nitrogen and oxygen atoms in total. The summed E-state index contributed by atoms with van der Waals surface area (Å²) in [6.45, 7) is 1.18. The van der Waals surface area contributed by atoms with E-state index in [-0.39, 0.29) is 0 Å². The summed E-state index contributed by atoms with van der Waals surface area (Å²) in [7, 11) is 0. The third kappa shape index (κ3) is 4.64. The van der Waals surface area contributed by atoms with Crippen LogP contribution in [0.3, 0.4) is 0 Å². The molecule has 20 heavy (non-hydrogen) atoms. The van der Waals surface area contributed by atoms with Gasteiger partial charge in [-0.2, -0.15) is 0 Å². The minimum Gasteiger partial charge on any atom is -0.364 e. The number of hydrogen-bond acceptors (Lipinski definition) is 5. The summed E-state index contributed by atoms with van der Waals surface area (Å²) in [4.78, 5) is 22.7. The maximum atomic E-state index is 10.4. The highest BCUT2D eigenvalue weighted by Gasteiger charge is 2.08. The van der Waals surface area contributed by atoms with Crippen molar-refractivity contribution in [3.05, 3.63) is 57.3 Å². The van der Waals surface area contributed by atoms with E-state index < -0.39 is 0 Å². The first-order valence-corrected chi connectivity index (χ1v) is 6.46. The first-order chi connectivity index (χ1) is 9.76. The quantitative estimate of drug-likeness (QED) is 0.533. The average molecular weight is 315 g/mol. The van der Waals surface area contributed by atoms with Crippen LogP contribution in [0, 0.1) is 9.81 Å². The van der Waals surface area contributed by atoms with Gasteiger partial charge in [-0.3, -0.25) is 0 Å². The fraction of sp³-hybridized carbons (Fsp3) is 0.167. The highest BCUT2D eigenvalue weighted by Crippen LogP contribution is 2.21. The number of benzene rings is 1. The Morgan fingerprint density at radius 1 is 0.900 bits per heavy atom. The van der Waals surface area contributed by atoms with Crippen LogP contribution >= 0.6 is 23.2 Å². The maximum absolute atomic E-state index is 10.4. The molecule has 0 fully saturated rings.